The summed E-state index contributed by atoms with van der Waals surface area (Å²) in [5.41, 5.74) is 7.74. The first-order chi connectivity index (χ1) is 12.3. The fourth-order valence-corrected chi connectivity index (χ4v) is 4.19. The van der Waals surface area contributed by atoms with E-state index in [2.05, 4.69) is 4.72 Å². The minimum Gasteiger partial charge on any atom is -0.337 e. The van der Waals surface area contributed by atoms with E-state index < -0.39 is 10.0 Å². The number of nitrogens with one attached hydrogen (secondary N) is 1. The molecule has 0 aromatic heterocycles. The van der Waals surface area contributed by atoms with Crippen LogP contribution in [0.3, 0.4) is 0 Å². The van der Waals surface area contributed by atoms with E-state index in [0.717, 1.165) is 18.4 Å². The van der Waals surface area contributed by atoms with Gasteiger partial charge in [0.2, 0.25) is 0 Å². The van der Waals surface area contributed by atoms with Crippen LogP contribution in [0.1, 0.15) is 28.8 Å². The Balaban J connectivity index is 1.83. The van der Waals surface area contributed by atoms with Gasteiger partial charge in [-0.15, -0.1) is 0 Å². The van der Waals surface area contributed by atoms with Crippen molar-refractivity contribution in [3.8, 4) is 0 Å². The third-order valence-electron chi connectivity index (χ3n) is 4.41. The van der Waals surface area contributed by atoms with Crippen molar-refractivity contribution in [2.45, 2.75) is 30.7 Å². The third kappa shape index (κ3) is 4.23. The number of hydrogen-bond donors (Lipinski definition) is 2. The van der Waals surface area contributed by atoms with Crippen LogP contribution in [0.15, 0.2) is 53.4 Å². The van der Waals surface area contributed by atoms with Crippen molar-refractivity contribution < 1.29 is 13.2 Å². The molecule has 3 N–H and O–H groups in total. The van der Waals surface area contributed by atoms with Gasteiger partial charge in [0, 0.05) is 30.4 Å². The fourth-order valence-electron chi connectivity index (χ4n) is 3.10. The molecular formula is C19H23N3O3S. The number of nitrogens with two attached hydrogens (primary N) is 1. The maximum absolute atomic E-state index is 12.7. The Morgan fingerprint density at radius 2 is 1.96 bits per heavy atom. The monoisotopic (exact) mass is 373 g/mol. The number of sulfonamides is 1. The van der Waals surface area contributed by atoms with Gasteiger partial charge in [0.15, 0.2) is 0 Å². The standard InChI is InChI=1S/C19H23N3O3S/c1-14-5-2-8-17(11-14)21-26(24,25)18-9-3-6-15(12-18)19(23)22-10-4-7-16(20)13-22/h2-3,5-6,8-9,11-12,16,21H,4,7,10,13,20H2,1H3. The number of anilines is 1. The highest BCUT2D eigenvalue weighted by molar-refractivity contribution is 7.92. The fraction of sp³-hybridized carbons (Fsp3) is 0.316. The largest absolute Gasteiger partial charge is 0.337 e. The number of nitrogens with zero attached hydrogens (tertiary/aromatic N) is 1. The summed E-state index contributed by atoms with van der Waals surface area (Å²) in [7, 11) is -3.77. The summed E-state index contributed by atoms with van der Waals surface area (Å²) in [5, 5.41) is 0. The predicted octanol–water partition coefficient (Wildman–Crippen LogP) is 2.36. The van der Waals surface area contributed by atoms with E-state index in [9.17, 15) is 13.2 Å². The van der Waals surface area contributed by atoms with Crippen molar-refractivity contribution in [3.05, 3.63) is 59.7 Å². The van der Waals surface area contributed by atoms with Gasteiger partial charge in [-0.05, 0) is 55.7 Å². The lowest BCUT2D eigenvalue weighted by atomic mass is 10.1. The van der Waals surface area contributed by atoms with E-state index in [1.54, 1.807) is 35.2 Å². The van der Waals surface area contributed by atoms with Crippen LogP contribution in [-0.2, 0) is 10.0 Å². The van der Waals surface area contributed by atoms with Crippen LogP contribution in [0.4, 0.5) is 5.69 Å². The van der Waals surface area contributed by atoms with E-state index in [1.165, 1.54) is 12.1 Å². The quantitative estimate of drug-likeness (QED) is 0.860. The molecule has 2 aromatic rings. The van der Waals surface area contributed by atoms with Crippen LogP contribution in [0.25, 0.3) is 0 Å². The molecular weight excluding hydrogens is 350 g/mol. The topological polar surface area (TPSA) is 92.5 Å². The smallest absolute Gasteiger partial charge is 0.261 e. The highest BCUT2D eigenvalue weighted by Crippen LogP contribution is 2.20. The molecule has 1 aliphatic heterocycles. The Kier molecular flexibility index (Phi) is 5.29. The van der Waals surface area contributed by atoms with Crippen molar-refractivity contribution >= 4 is 21.6 Å². The van der Waals surface area contributed by atoms with Gasteiger partial charge < -0.3 is 10.6 Å². The molecule has 3 rings (SSSR count). The Labute approximate surface area is 154 Å². The zero-order valence-electron chi connectivity index (χ0n) is 14.7. The van der Waals surface area contributed by atoms with E-state index in [0.29, 0.717) is 24.3 Å². The van der Waals surface area contributed by atoms with Crippen molar-refractivity contribution in [3.63, 3.8) is 0 Å². The second-order valence-corrected chi connectivity index (χ2v) is 8.34. The Morgan fingerprint density at radius 3 is 2.69 bits per heavy atom. The summed E-state index contributed by atoms with van der Waals surface area (Å²) < 4.78 is 27.9. The number of rotatable bonds is 4. The van der Waals surface area contributed by atoms with Gasteiger partial charge in [0.05, 0.1) is 4.90 Å². The second kappa shape index (κ2) is 7.47. The van der Waals surface area contributed by atoms with Gasteiger partial charge in [-0.25, -0.2) is 8.42 Å². The minimum absolute atomic E-state index is 0.0254. The molecule has 1 heterocycles. The van der Waals surface area contributed by atoms with Gasteiger partial charge in [0.25, 0.3) is 15.9 Å². The zero-order chi connectivity index (χ0) is 18.7. The number of carbonyl (C=O) groups is 1. The lowest BCUT2D eigenvalue weighted by Crippen LogP contribution is -2.45. The average molecular weight is 373 g/mol. The second-order valence-electron chi connectivity index (χ2n) is 6.66. The Morgan fingerprint density at radius 1 is 1.19 bits per heavy atom. The molecule has 1 unspecified atom stereocenters. The molecule has 0 radical (unpaired) electrons. The van der Waals surface area contributed by atoms with Crippen LogP contribution >= 0.6 is 0 Å². The number of benzene rings is 2. The average Bonchev–Trinajstić information content (AvgIpc) is 2.61. The molecule has 0 saturated carbocycles. The number of piperidine rings is 1. The van der Waals surface area contributed by atoms with Gasteiger partial charge in [-0.1, -0.05) is 18.2 Å². The highest BCUT2D eigenvalue weighted by atomic mass is 32.2. The molecule has 1 atom stereocenters. The Bertz CT molecular complexity index is 912. The number of carbonyl (C=O) groups excluding carboxylic acids is 1. The molecule has 0 spiro atoms. The first-order valence-electron chi connectivity index (χ1n) is 8.59. The normalized spacial score (nSPS) is 17.8. The third-order valence-corrected chi connectivity index (χ3v) is 5.79. The molecule has 0 bridgehead atoms. The van der Waals surface area contributed by atoms with Crippen molar-refractivity contribution in [2.24, 2.45) is 5.73 Å². The molecule has 1 aliphatic rings. The highest BCUT2D eigenvalue weighted by Gasteiger charge is 2.23. The molecule has 26 heavy (non-hydrogen) atoms. The molecule has 1 saturated heterocycles. The summed E-state index contributed by atoms with van der Waals surface area (Å²) in [6.07, 6.45) is 1.76. The number of amides is 1. The molecule has 2 aromatic carbocycles. The zero-order valence-corrected chi connectivity index (χ0v) is 15.5. The number of hydrogen-bond acceptors (Lipinski definition) is 4. The van der Waals surface area contributed by atoms with Crippen LogP contribution in [0.2, 0.25) is 0 Å². The summed E-state index contributed by atoms with van der Waals surface area (Å²) in [6, 6.07) is 13.2. The van der Waals surface area contributed by atoms with Crippen LogP contribution in [0.5, 0.6) is 0 Å². The maximum atomic E-state index is 12.7. The molecule has 1 amide bonds. The molecule has 6 nitrogen and oxygen atoms in total. The maximum Gasteiger partial charge on any atom is 0.261 e. The molecule has 138 valence electrons. The van der Waals surface area contributed by atoms with E-state index >= 15 is 0 Å². The SMILES string of the molecule is Cc1cccc(NS(=O)(=O)c2cccc(C(=O)N3CCCC(N)C3)c2)c1. The van der Waals surface area contributed by atoms with E-state index in [-0.39, 0.29) is 16.8 Å². The Hall–Kier alpha value is -2.38. The summed E-state index contributed by atoms with van der Waals surface area (Å²) >= 11 is 0. The number of aryl methyl sites for hydroxylation is 1. The van der Waals surface area contributed by atoms with Gasteiger partial charge in [-0.3, -0.25) is 9.52 Å². The predicted molar refractivity (Wildman–Crippen MR) is 102 cm³/mol. The van der Waals surface area contributed by atoms with Gasteiger partial charge >= 0.3 is 0 Å². The number of likely N-dealkylation sites (tertiary alicyclic amines) is 1. The lowest BCUT2D eigenvalue weighted by molar-refractivity contribution is 0.0708. The van der Waals surface area contributed by atoms with Crippen molar-refractivity contribution in [1.82, 2.24) is 4.90 Å². The first kappa shape index (κ1) is 18.4. The molecule has 0 aliphatic carbocycles. The van der Waals surface area contributed by atoms with Crippen LogP contribution in [0, 0.1) is 6.92 Å². The van der Waals surface area contributed by atoms with Crippen LogP contribution < -0.4 is 10.5 Å². The van der Waals surface area contributed by atoms with E-state index in [4.69, 9.17) is 5.73 Å². The lowest BCUT2D eigenvalue weighted by Gasteiger charge is -2.30. The summed E-state index contributed by atoms with van der Waals surface area (Å²) in [6.45, 7) is 3.03. The van der Waals surface area contributed by atoms with Crippen molar-refractivity contribution in [1.29, 1.82) is 0 Å². The summed E-state index contributed by atoms with van der Waals surface area (Å²) in [5.74, 6) is -0.187. The van der Waals surface area contributed by atoms with Gasteiger partial charge in [0.1, 0.15) is 0 Å². The van der Waals surface area contributed by atoms with Crippen LogP contribution in [-0.4, -0.2) is 38.4 Å². The minimum atomic E-state index is -3.77. The molecule has 7 heteroatoms. The molecule has 1 fully saturated rings. The van der Waals surface area contributed by atoms with E-state index in [1.807, 2.05) is 13.0 Å². The van der Waals surface area contributed by atoms with Crippen molar-refractivity contribution in [2.75, 3.05) is 17.8 Å². The first-order valence-corrected chi connectivity index (χ1v) is 10.1. The summed E-state index contributed by atoms with van der Waals surface area (Å²) in [4.78, 5) is 14.4. The van der Waals surface area contributed by atoms with Gasteiger partial charge in [-0.2, -0.15) is 0 Å².